The van der Waals surface area contributed by atoms with Crippen LogP contribution < -0.4 is 0 Å². The van der Waals surface area contributed by atoms with Crippen molar-refractivity contribution < 1.29 is 9.90 Å². The molecule has 0 rings (SSSR count). The third kappa shape index (κ3) is 3.95. The van der Waals surface area contributed by atoms with E-state index in [0.29, 0.717) is 35.0 Å². The highest BCUT2D eigenvalue weighted by molar-refractivity contribution is 7.10. The molecule has 1 atom stereocenters. The summed E-state index contributed by atoms with van der Waals surface area (Å²) in [5.41, 5.74) is 0.250. The molecule has 0 aromatic carbocycles. The molecular weight excluding hydrogens is 276 g/mol. The van der Waals surface area contributed by atoms with E-state index in [1.807, 2.05) is 0 Å². The number of hydrogen-bond donors (Lipinski definition) is 1. The molecule has 0 spiro atoms. The molecule has 0 radical (unpaired) electrons. The summed E-state index contributed by atoms with van der Waals surface area (Å²) in [5, 5.41) is 10.8. The van der Waals surface area contributed by atoms with E-state index in [1.165, 1.54) is 0 Å². The van der Waals surface area contributed by atoms with Gasteiger partial charge in [0.15, 0.2) is 0 Å². The Balaban J connectivity index is 5.70. The molecule has 0 amide bonds. The van der Waals surface area contributed by atoms with Gasteiger partial charge in [0.25, 0.3) is 0 Å². The van der Waals surface area contributed by atoms with Crippen LogP contribution in [0.25, 0.3) is 0 Å². The summed E-state index contributed by atoms with van der Waals surface area (Å²) in [6, 6.07) is 0. The molecule has 0 bridgehead atoms. The van der Waals surface area contributed by atoms with Gasteiger partial charge in [-0.1, -0.05) is 54.2 Å². The molecule has 0 heterocycles. The van der Waals surface area contributed by atoms with Gasteiger partial charge in [-0.3, -0.25) is 0 Å². The molecule has 1 unspecified atom stereocenters. The Morgan fingerprint density at radius 2 is 1.52 bits per heavy atom. The summed E-state index contributed by atoms with van der Waals surface area (Å²) in [7, 11) is -2.27. The molecule has 0 aliphatic carbocycles. The Bertz CT molecular complexity index is 370. The topological polar surface area (TPSA) is 37.3 Å². The highest BCUT2D eigenvalue weighted by Gasteiger charge is 2.52. The number of hydrogen-bond acceptors (Lipinski definition) is 2. The molecule has 0 saturated carbocycles. The van der Waals surface area contributed by atoms with Gasteiger partial charge in [0.1, 0.15) is 13.5 Å². The SMILES string of the molecule is C=CCCC(C)(O)C(=C)C(=O)[Si](C(C)C)(C(C)C)C(C)C. The predicted molar refractivity (Wildman–Crippen MR) is 95.2 cm³/mol. The molecule has 0 aliphatic rings. The highest BCUT2D eigenvalue weighted by Crippen LogP contribution is 2.44. The third-order valence-corrected chi connectivity index (χ3v) is 11.8. The first-order valence-corrected chi connectivity index (χ1v) is 10.3. The molecular formula is C18H34O2Si. The zero-order valence-corrected chi connectivity index (χ0v) is 16.0. The van der Waals surface area contributed by atoms with Crippen molar-refractivity contribution in [3.63, 3.8) is 0 Å². The fourth-order valence-corrected chi connectivity index (χ4v) is 10.2. The van der Waals surface area contributed by atoms with Crippen LogP contribution in [-0.4, -0.2) is 24.2 Å². The van der Waals surface area contributed by atoms with Crippen LogP contribution in [0.15, 0.2) is 24.8 Å². The molecule has 0 aromatic heterocycles. The molecule has 0 fully saturated rings. The van der Waals surface area contributed by atoms with E-state index in [-0.39, 0.29) is 5.41 Å². The largest absolute Gasteiger partial charge is 0.385 e. The Morgan fingerprint density at radius 1 is 1.14 bits per heavy atom. The van der Waals surface area contributed by atoms with Crippen molar-refractivity contribution in [2.24, 2.45) is 0 Å². The minimum Gasteiger partial charge on any atom is -0.385 e. The van der Waals surface area contributed by atoms with Crippen LogP contribution in [0.5, 0.6) is 0 Å². The quantitative estimate of drug-likeness (QED) is 0.368. The fourth-order valence-electron chi connectivity index (χ4n) is 3.83. The summed E-state index contributed by atoms with van der Waals surface area (Å²) in [6.07, 6.45) is 2.95. The van der Waals surface area contributed by atoms with Crippen LogP contribution >= 0.6 is 0 Å². The van der Waals surface area contributed by atoms with E-state index in [4.69, 9.17) is 0 Å². The smallest absolute Gasteiger partial charge is 0.146 e. The number of aliphatic hydroxyl groups is 1. The van der Waals surface area contributed by atoms with E-state index < -0.39 is 13.7 Å². The Kier molecular flexibility index (Phi) is 7.31. The fraction of sp³-hybridized carbons (Fsp3) is 0.722. The molecule has 0 aliphatic heterocycles. The maximum atomic E-state index is 13.3. The lowest BCUT2D eigenvalue weighted by atomic mass is 9.92. The third-order valence-electron chi connectivity index (χ3n) is 5.02. The maximum Gasteiger partial charge on any atom is 0.146 e. The van der Waals surface area contributed by atoms with Gasteiger partial charge in [0.05, 0.1) is 5.60 Å². The number of carbonyl (C=O) groups is 1. The zero-order valence-electron chi connectivity index (χ0n) is 15.0. The van der Waals surface area contributed by atoms with E-state index in [9.17, 15) is 9.90 Å². The van der Waals surface area contributed by atoms with Crippen LogP contribution in [0.1, 0.15) is 61.3 Å². The van der Waals surface area contributed by atoms with E-state index in [0.717, 1.165) is 0 Å². The number of rotatable bonds is 9. The lowest BCUT2D eigenvalue weighted by Crippen LogP contribution is -2.55. The standard InChI is InChI=1S/C18H34O2Si/c1-10-11-12-18(9,20)16(8)17(19)21(13(2)3,14(4)5)15(6)7/h10,13-15,20H,1,8,11-12H2,2-7,9H3. The molecule has 122 valence electrons. The van der Waals surface area contributed by atoms with Crippen LogP contribution in [0.3, 0.4) is 0 Å². The summed E-state index contributed by atoms with van der Waals surface area (Å²) < 4.78 is 0. The monoisotopic (exact) mass is 310 g/mol. The van der Waals surface area contributed by atoms with Crippen molar-refractivity contribution in [2.45, 2.75) is 83.5 Å². The van der Waals surface area contributed by atoms with Crippen molar-refractivity contribution >= 4 is 13.5 Å². The van der Waals surface area contributed by atoms with Crippen molar-refractivity contribution in [3.05, 3.63) is 24.8 Å². The molecule has 21 heavy (non-hydrogen) atoms. The van der Waals surface area contributed by atoms with Crippen molar-refractivity contribution in [1.82, 2.24) is 0 Å². The number of allylic oxidation sites excluding steroid dienone is 1. The summed E-state index contributed by atoms with van der Waals surface area (Å²) in [5.74, 6) is 0. The van der Waals surface area contributed by atoms with Gasteiger partial charge in [0, 0.05) is 5.57 Å². The highest BCUT2D eigenvalue weighted by atomic mass is 28.3. The van der Waals surface area contributed by atoms with Gasteiger partial charge in [-0.2, -0.15) is 0 Å². The second-order valence-corrected chi connectivity index (χ2v) is 13.1. The molecule has 0 saturated heterocycles. The molecule has 1 N–H and O–H groups in total. The molecule has 3 heteroatoms. The zero-order chi connectivity index (χ0) is 17.0. The Labute approximate surface area is 132 Å². The van der Waals surface area contributed by atoms with Crippen LogP contribution in [0.2, 0.25) is 16.6 Å². The van der Waals surface area contributed by atoms with Gasteiger partial charge < -0.3 is 9.90 Å². The van der Waals surface area contributed by atoms with Gasteiger partial charge in [-0.15, -0.1) is 6.58 Å². The minimum absolute atomic E-state index is 0.150. The Morgan fingerprint density at radius 3 is 1.81 bits per heavy atom. The first-order valence-electron chi connectivity index (χ1n) is 8.03. The summed E-state index contributed by atoms with van der Waals surface area (Å²) in [6.45, 7) is 22.3. The Hall–Kier alpha value is -0.673. The van der Waals surface area contributed by atoms with E-state index >= 15 is 0 Å². The maximum absolute atomic E-state index is 13.3. The first-order chi connectivity index (χ1) is 9.46. The normalized spacial score (nSPS) is 15.4. The van der Waals surface area contributed by atoms with Gasteiger partial charge in [-0.25, -0.2) is 0 Å². The molecule has 0 aromatic rings. The predicted octanol–water partition coefficient (Wildman–Crippen LogP) is 5.05. The minimum atomic E-state index is -2.27. The van der Waals surface area contributed by atoms with E-state index in [1.54, 1.807) is 13.0 Å². The first kappa shape index (κ1) is 20.3. The van der Waals surface area contributed by atoms with Gasteiger partial charge >= 0.3 is 0 Å². The lowest BCUT2D eigenvalue weighted by molar-refractivity contribution is -0.111. The van der Waals surface area contributed by atoms with Crippen molar-refractivity contribution in [2.75, 3.05) is 0 Å². The average molecular weight is 311 g/mol. The van der Waals surface area contributed by atoms with Gasteiger partial charge in [0.2, 0.25) is 0 Å². The molecule has 2 nitrogen and oxygen atoms in total. The lowest BCUT2D eigenvalue weighted by Gasteiger charge is -2.43. The summed E-state index contributed by atoms with van der Waals surface area (Å²) >= 11 is 0. The van der Waals surface area contributed by atoms with Crippen molar-refractivity contribution in [1.29, 1.82) is 0 Å². The van der Waals surface area contributed by atoms with Gasteiger partial charge in [-0.05, 0) is 36.4 Å². The second-order valence-electron chi connectivity index (χ2n) is 7.31. The van der Waals surface area contributed by atoms with Crippen LogP contribution in [0, 0.1) is 0 Å². The van der Waals surface area contributed by atoms with E-state index in [2.05, 4.69) is 54.7 Å². The average Bonchev–Trinajstić information content (AvgIpc) is 2.34. The second kappa shape index (κ2) is 7.55. The summed E-state index contributed by atoms with van der Waals surface area (Å²) in [4.78, 5) is 13.3. The van der Waals surface area contributed by atoms with Crippen LogP contribution in [-0.2, 0) is 4.79 Å². The number of carbonyl (C=O) groups excluding carboxylic acids is 1. The van der Waals surface area contributed by atoms with Crippen LogP contribution in [0.4, 0.5) is 0 Å². The van der Waals surface area contributed by atoms with Crippen molar-refractivity contribution in [3.8, 4) is 0 Å².